The Kier molecular flexibility index (Phi) is 6.13. The van der Waals surface area contributed by atoms with Crippen molar-refractivity contribution in [3.05, 3.63) is 53.9 Å². The summed E-state index contributed by atoms with van der Waals surface area (Å²) in [4.78, 5) is 23.2. The SMILES string of the molecule is CCN(CC)Cc1ccnc(Oc2cccc3cc(C(=O)N(C)C(=N)N)[nH]c23)c1. The average molecular weight is 394 g/mol. The maximum atomic E-state index is 12.4. The van der Waals surface area contributed by atoms with Crippen LogP contribution in [0.1, 0.15) is 29.9 Å². The minimum Gasteiger partial charge on any atom is -0.437 e. The van der Waals surface area contributed by atoms with E-state index < -0.39 is 0 Å². The van der Waals surface area contributed by atoms with Gasteiger partial charge in [0.25, 0.3) is 5.91 Å². The fourth-order valence-electron chi connectivity index (χ4n) is 3.04. The van der Waals surface area contributed by atoms with Crippen molar-refractivity contribution in [3.63, 3.8) is 0 Å². The van der Waals surface area contributed by atoms with Crippen molar-refractivity contribution < 1.29 is 9.53 Å². The summed E-state index contributed by atoms with van der Waals surface area (Å²) in [5, 5.41) is 8.26. The highest BCUT2D eigenvalue weighted by atomic mass is 16.5. The van der Waals surface area contributed by atoms with Gasteiger partial charge in [-0.2, -0.15) is 0 Å². The maximum absolute atomic E-state index is 12.4. The van der Waals surface area contributed by atoms with Crippen LogP contribution < -0.4 is 10.5 Å². The first-order valence-electron chi connectivity index (χ1n) is 9.51. The minimum atomic E-state index is -0.390. The first-order chi connectivity index (χ1) is 13.9. The van der Waals surface area contributed by atoms with Gasteiger partial charge >= 0.3 is 0 Å². The van der Waals surface area contributed by atoms with Gasteiger partial charge in [0.2, 0.25) is 5.88 Å². The number of ether oxygens (including phenoxy) is 1. The number of nitrogens with one attached hydrogen (secondary N) is 2. The highest BCUT2D eigenvalue weighted by molar-refractivity contribution is 6.06. The number of amides is 1. The van der Waals surface area contributed by atoms with E-state index in [1.54, 1.807) is 12.3 Å². The minimum absolute atomic E-state index is 0.320. The molecule has 0 radical (unpaired) electrons. The molecule has 1 amide bonds. The number of para-hydroxylation sites is 1. The zero-order valence-corrected chi connectivity index (χ0v) is 16.9. The summed E-state index contributed by atoms with van der Waals surface area (Å²) in [5.74, 6) is 0.350. The predicted molar refractivity (Wildman–Crippen MR) is 113 cm³/mol. The Morgan fingerprint density at radius 3 is 2.69 bits per heavy atom. The molecule has 2 heterocycles. The van der Waals surface area contributed by atoms with Crippen LogP contribution in [0.4, 0.5) is 0 Å². The van der Waals surface area contributed by atoms with E-state index in [1.807, 2.05) is 30.3 Å². The van der Waals surface area contributed by atoms with Gasteiger partial charge in [-0.25, -0.2) is 4.98 Å². The van der Waals surface area contributed by atoms with Gasteiger partial charge in [0.05, 0.1) is 5.52 Å². The fourth-order valence-corrected chi connectivity index (χ4v) is 3.04. The number of nitrogens with two attached hydrogens (primary N) is 1. The topological polar surface area (TPSA) is 111 Å². The number of aromatic amines is 1. The van der Waals surface area contributed by atoms with Crippen LogP contribution in [-0.2, 0) is 6.54 Å². The quantitative estimate of drug-likeness (QED) is 0.421. The van der Waals surface area contributed by atoms with Crippen LogP contribution in [0.2, 0.25) is 0 Å². The molecule has 8 nitrogen and oxygen atoms in total. The molecular formula is C21H26N6O2. The van der Waals surface area contributed by atoms with Gasteiger partial charge in [0, 0.05) is 31.2 Å². The zero-order valence-electron chi connectivity index (χ0n) is 16.9. The second-order valence-corrected chi connectivity index (χ2v) is 6.72. The number of nitrogens with zero attached hydrogens (tertiary/aromatic N) is 3. The summed E-state index contributed by atoms with van der Waals surface area (Å²) in [6.07, 6.45) is 1.74. The molecule has 0 bridgehead atoms. The molecule has 0 aliphatic heterocycles. The molecule has 29 heavy (non-hydrogen) atoms. The van der Waals surface area contributed by atoms with Crippen LogP contribution in [0.25, 0.3) is 10.9 Å². The largest absolute Gasteiger partial charge is 0.437 e. The second kappa shape index (κ2) is 8.74. The monoisotopic (exact) mass is 394 g/mol. The van der Waals surface area contributed by atoms with Gasteiger partial charge < -0.3 is 15.5 Å². The lowest BCUT2D eigenvalue weighted by atomic mass is 10.2. The first-order valence-corrected chi connectivity index (χ1v) is 9.51. The Morgan fingerprint density at radius 1 is 1.24 bits per heavy atom. The molecule has 0 spiro atoms. The first kappa shape index (κ1) is 20.3. The van der Waals surface area contributed by atoms with Crippen molar-refractivity contribution in [3.8, 4) is 11.6 Å². The zero-order chi connectivity index (χ0) is 21.0. The summed E-state index contributed by atoms with van der Waals surface area (Å²) in [5.41, 5.74) is 7.54. The lowest BCUT2D eigenvalue weighted by Gasteiger charge is -2.18. The molecule has 0 fully saturated rings. The second-order valence-electron chi connectivity index (χ2n) is 6.72. The predicted octanol–water partition coefficient (Wildman–Crippen LogP) is 3.16. The fraction of sp³-hybridized carbons (Fsp3) is 0.286. The number of carbonyl (C=O) groups is 1. The maximum Gasteiger partial charge on any atom is 0.276 e. The molecule has 152 valence electrons. The van der Waals surface area contributed by atoms with Crippen molar-refractivity contribution in [2.45, 2.75) is 20.4 Å². The van der Waals surface area contributed by atoms with Crippen LogP contribution in [-0.4, -0.2) is 51.8 Å². The van der Waals surface area contributed by atoms with E-state index in [0.29, 0.717) is 22.8 Å². The molecule has 1 aromatic carbocycles. The Bertz CT molecular complexity index is 1020. The Labute approximate surface area is 169 Å². The third-order valence-corrected chi connectivity index (χ3v) is 4.83. The number of H-pyrrole nitrogens is 1. The van der Waals surface area contributed by atoms with E-state index in [9.17, 15) is 4.79 Å². The van der Waals surface area contributed by atoms with E-state index >= 15 is 0 Å². The highest BCUT2D eigenvalue weighted by Gasteiger charge is 2.18. The van der Waals surface area contributed by atoms with E-state index in [0.717, 1.165) is 35.5 Å². The van der Waals surface area contributed by atoms with Gasteiger partial charge in [-0.3, -0.25) is 20.0 Å². The summed E-state index contributed by atoms with van der Waals surface area (Å²) >= 11 is 0. The number of carbonyl (C=O) groups excluding carboxylic acids is 1. The molecule has 0 aliphatic rings. The molecule has 4 N–H and O–H groups in total. The molecule has 8 heteroatoms. The van der Waals surface area contributed by atoms with Gasteiger partial charge in [-0.15, -0.1) is 0 Å². The summed E-state index contributed by atoms with van der Waals surface area (Å²) in [6, 6.07) is 11.2. The molecule has 3 aromatic rings. The average Bonchev–Trinajstić information content (AvgIpc) is 3.16. The van der Waals surface area contributed by atoms with E-state index in [4.69, 9.17) is 15.9 Å². The third-order valence-electron chi connectivity index (χ3n) is 4.83. The van der Waals surface area contributed by atoms with Gasteiger partial charge in [0.1, 0.15) is 5.69 Å². The van der Waals surface area contributed by atoms with Gasteiger partial charge in [-0.05, 0) is 36.9 Å². The summed E-state index contributed by atoms with van der Waals surface area (Å²) < 4.78 is 6.03. The van der Waals surface area contributed by atoms with Crippen LogP contribution in [0.5, 0.6) is 11.6 Å². The van der Waals surface area contributed by atoms with E-state index in [-0.39, 0.29) is 11.9 Å². The van der Waals surface area contributed by atoms with Crippen molar-refractivity contribution in [2.24, 2.45) is 5.73 Å². The molecule has 0 saturated carbocycles. The van der Waals surface area contributed by atoms with E-state index in [2.05, 4.69) is 28.7 Å². The number of guanidine groups is 1. The van der Waals surface area contributed by atoms with Crippen molar-refractivity contribution in [1.29, 1.82) is 5.41 Å². The number of aromatic nitrogens is 2. The number of benzene rings is 1. The molecule has 0 atom stereocenters. The van der Waals surface area contributed by atoms with Crippen molar-refractivity contribution >= 4 is 22.8 Å². The highest BCUT2D eigenvalue weighted by Crippen LogP contribution is 2.29. The molecule has 2 aromatic heterocycles. The molecule has 0 unspecified atom stereocenters. The van der Waals surface area contributed by atoms with Crippen molar-refractivity contribution in [2.75, 3.05) is 20.1 Å². The Hall–Kier alpha value is -3.39. The van der Waals surface area contributed by atoms with Crippen LogP contribution in [0.15, 0.2) is 42.6 Å². The lowest BCUT2D eigenvalue weighted by Crippen LogP contribution is -2.38. The number of pyridine rings is 1. The number of rotatable bonds is 7. The summed E-state index contributed by atoms with van der Waals surface area (Å²) in [7, 11) is 1.46. The molecule has 0 aliphatic carbocycles. The smallest absolute Gasteiger partial charge is 0.276 e. The van der Waals surface area contributed by atoms with Crippen LogP contribution in [0, 0.1) is 5.41 Å². The van der Waals surface area contributed by atoms with Crippen molar-refractivity contribution in [1.82, 2.24) is 19.8 Å². The number of fused-ring (bicyclic) bond motifs is 1. The van der Waals surface area contributed by atoms with Gasteiger partial charge in [0.15, 0.2) is 11.7 Å². The third kappa shape index (κ3) is 4.55. The Balaban J connectivity index is 1.87. The summed E-state index contributed by atoms with van der Waals surface area (Å²) in [6.45, 7) is 7.05. The van der Waals surface area contributed by atoms with Gasteiger partial charge in [-0.1, -0.05) is 26.0 Å². The lowest BCUT2D eigenvalue weighted by molar-refractivity contribution is 0.0864. The molecular weight excluding hydrogens is 368 g/mol. The Morgan fingerprint density at radius 2 is 2.00 bits per heavy atom. The van der Waals surface area contributed by atoms with Crippen LogP contribution in [0.3, 0.4) is 0 Å². The van der Waals surface area contributed by atoms with E-state index in [1.165, 1.54) is 7.05 Å². The molecule has 0 saturated heterocycles. The standard InChI is InChI=1S/C21H26N6O2/c1-4-27(5-2)13-14-9-10-24-18(11-14)29-17-8-6-7-15-12-16(25-19(15)17)20(28)26(3)21(22)23/h6-12,25H,4-5,13H2,1-3H3,(H3,22,23). The molecule has 3 rings (SSSR count). The normalized spacial score (nSPS) is 11.0. The number of hydrogen-bond donors (Lipinski definition) is 3. The van der Waals surface area contributed by atoms with Crippen LogP contribution >= 0.6 is 0 Å². The number of hydrogen-bond acceptors (Lipinski definition) is 5.